The average Bonchev–Trinajstić information content (AvgIpc) is 1.73. The van der Waals surface area contributed by atoms with Crippen molar-refractivity contribution >= 4 is 10.4 Å². The molecule has 0 amide bonds. The van der Waals surface area contributed by atoms with Gasteiger partial charge in [0.25, 0.3) is 0 Å². The summed E-state index contributed by atoms with van der Waals surface area (Å²) in [6.07, 6.45) is -1.85. The average molecular weight is 170 g/mol. The Morgan fingerprint density at radius 2 is 2.10 bits per heavy atom. The first-order chi connectivity index (χ1) is 4.33. The number of aliphatic hydroxyl groups is 2. The van der Waals surface area contributed by atoms with Crippen LogP contribution in [0.3, 0.4) is 0 Å². The number of hydrogen-bond donors (Lipinski definition) is 2. The summed E-state index contributed by atoms with van der Waals surface area (Å²) in [4.78, 5) is 0. The molecule has 0 aliphatic carbocycles. The maximum atomic E-state index is 10.3. The van der Waals surface area contributed by atoms with Gasteiger partial charge in [-0.25, -0.2) is 8.37 Å². The molecule has 1 rings (SSSR count). The van der Waals surface area contributed by atoms with Crippen LogP contribution in [0.25, 0.3) is 0 Å². The summed E-state index contributed by atoms with van der Waals surface area (Å²) in [5, 5.41) is 17.4. The van der Waals surface area contributed by atoms with Crippen molar-refractivity contribution in [3.63, 3.8) is 0 Å². The van der Waals surface area contributed by atoms with Crippen molar-refractivity contribution in [1.82, 2.24) is 0 Å². The Morgan fingerprint density at radius 3 is 2.20 bits per heavy atom. The van der Waals surface area contributed by atoms with E-state index in [1.807, 2.05) is 0 Å². The standard InChI is InChI=1S/C3H6O6S/c1-3(5)2(4)8-10(6,7)9-3/h2,4-5H,1H3. The smallest absolute Gasteiger partial charge is 0.363 e. The highest BCUT2D eigenvalue weighted by atomic mass is 32.3. The highest BCUT2D eigenvalue weighted by Crippen LogP contribution is 2.26. The molecule has 0 radical (unpaired) electrons. The zero-order valence-electron chi connectivity index (χ0n) is 5.01. The van der Waals surface area contributed by atoms with Gasteiger partial charge in [0, 0.05) is 0 Å². The van der Waals surface area contributed by atoms with E-state index in [0.29, 0.717) is 0 Å². The van der Waals surface area contributed by atoms with Gasteiger partial charge >= 0.3 is 10.4 Å². The van der Waals surface area contributed by atoms with Gasteiger partial charge in [-0.3, -0.25) is 0 Å². The van der Waals surface area contributed by atoms with E-state index in [-0.39, 0.29) is 0 Å². The van der Waals surface area contributed by atoms with Gasteiger partial charge in [-0.1, -0.05) is 0 Å². The van der Waals surface area contributed by atoms with E-state index in [2.05, 4.69) is 8.37 Å². The summed E-state index contributed by atoms with van der Waals surface area (Å²) in [5.74, 6) is -2.17. The van der Waals surface area contributed by atoms with Crippen molar-refractivity contribution < 1.29 is 27.0 Å². The van der Waals surface area contributed by atoms with E-state index in [9.17, 15) is 8.42 Å². The molecule has 2 atom stereocenters. The summed E-state index contributed by atoms with van der Waals surface area (Å²) in [6, 6.07) is 0. The lowest BCUT2D eigenvalue weighted by Crippen LogP contribution is -2.35. The number of rotatable bonds is 0. The first-order valence-electron chi connectivity index (χ1n) is 2.38. The third-order valence-electron chi connectivity index (χ3n) is 0.938. The van der Waals surface area contributed by atoms with Crippen LogP contribution < -0.4 is 0 Å². The lowest BCUT2D eigenvalue weighted by molar-refractivity contribution is -0.210. The Morgan fingerprint density at radius 1 is 1.60 bits per heavy atom. The molecule has 2 N–H and O–H groups in total. The summed E-state index contributed by atoms with van der Waals surface area (Å²) in [6.45, 7) is 0.974. The predicted octanol–water partition coefficient (Wildman–Crippen LogP) is -1.70. The van der Waals surface area contributed by atoms with E-state index >= 15 is 0 Å². The second-order valence-corrected chi connectivity index (χ2v) is 3.17. The third kappa shape index (κ3) is 1.27. The topological polar surface area (TPSA) is 93.1 Å². The molecule has 6 nitrogen and oxygen atoms in total. The van der Waals surface area contributed by atoms with Crippen molar-refractivity contribution in [3.8, 4) is 0 Å². The summed E-state index contributed by atoms with van der Waals surface area (Å²) in [7, 11) is -4.20. The largest absolute Gasteiger partial charge is 0.405 e. The highest BCUT2D eigenvalue weighted by Gasteiger charge is 2.48. The maximum Gasteiger partial charge on any atom is 0.405 e. The summed E-state index contributed by atoms with van der Waals surface area (Å²) < 4.78 is 28.3. The zero-order chi connectivity index (χ0) is 7.99. The molecule has 0 aromatic heterocycles. The molecule has 1 aliphatic heterocycles. The van der Waals surface area contributed by atoms with Crippen LogP contribution in [0.4, 0.5) is 0 Å². The van der Waals surface area contributed by atoms with E-state index in [1.54, 1.807) is 0 Å². The molecule has 2 unspecified atom stereocenters. The third-order valence-corrected chi connectivity index (χ3v) is 1.90. The molecule has 0 aromatic rings. The van der Waals surface area contributed by atoms with Gasteiger partial charge in [-0.05, 0) is 6.92 Å². The Kier molecular flexibility index (Phi) is 1.49. The van der Waals surface area contributed by atoms with Gasteiger partial charge in [0.15, 0.2) is 0 Å². The fourth-order valence-electron chi connectivity index (χ4n) is 0.468. The van der Waals surface area contributed by atoms with Gasteiger partial charge in [0.1, 0.15) is 0 Å². The van der Waals surface area contributed by atoms with Crippen LogP contribution in [-0.2, 0) is 18.8 Å². The second-order valence-electron chi connectivity index (χ2n) is 1.99. The molecular formula is C3H6O6S. The molecule has 60 valence electrons. The fraction of sp³-hybridized carbons (Fsp3) is 1.00. The lowest BCUT2D eigenvalue weighted by atomic mass is 10.3. The normalized spacial score (nSPS) is 45.7. The summed E-state index contributed by atoms with van der Waals surface area (Å²) in [5.41, 5.74) is 0. The van der Waals surface area contributed by atoms with Crippen molar-refractivity contribution in [2.75, 3.05) is 0 Å². The van der Waals surface area contributed by atoms with Crippen LogP contribution in [0.15, 0.2) is 0 Å². The number of aliphatic hydroxyl groups excluding tert-OH is 1. The molecule has 1 aliphatic rings. The van der Waals surface area contributed by atoms with Crippen LogP contribution in [0.2, 0.25) is 0 Å². The highest BCUT2D eigenvalue weighted by molar-refractivity contribution is 7.82. The van der Waals surface area contributed by atoms with E-state index in [1.165, 1.54) is 0 Å². The second kappa shape index (κ2) is 1.89. The minimum atomic E-state index is -4.20. The van der Waals surface area contributed by atoms with Crippen molar-refractivity contribution in [2.45, 2.75) is 19.0 Å². The Hall–Kier alpha value is -0.210. The summed E-state index contributed by atoms with van der Waals surface area (Å²) >= 11 is 0. The minimum absolute atomic E-state index is 0.974. The van der Waals surface area contributed by atoms with Gasteiger partial charge in [0.05, 0.1) is 0 Å². The Bertz CT molecular complexity index is 227. The van der Waals surface area contributed by atoms with Crippen molar-refractivity contribution in [2.24, 2.45) is 0 Å². The molecule has 0 saturated carbocycles. The van der Waals surface area contributed by atoms with Crippen molar-refractivity contribution in [1.29, 1.82) is 0 Å². The molecule has 1 saturated heterocycles. The monoisotopic (exact) mass is 170 g/mol. The van der Waals surface area contributed by atoms with Crippen molar-refractivity contribution in [3.05, 3.63) is 0 Å². The predicted molar refractivity (Wildman–Crippen MR) is 27.7 cm³/mol. The van der Waals surface area contributed by atoms with Crippen LogP contribution >= 0.6 is 0 Å². The van der Waals surface area contributed by atoms with E-state index in [0.717, 1.165) is 6.92 Å². The Balaban J connectivity index is 2.92. The molecule has 1 heterocycles. The Labute approximate surface area is 57.3 Å². The number of hydrogen-bond acceptors (Lipinski definition) is 6. The van der Waals surface area contributed by atoms with Crippen LogP contribution in [0.1, 0.15) is 6.92 Å². The molecular weight excluding hydrogens is 164 g/mol. The molecule has 7 heteroatoms. The minimum Gasteiger partial charge on any atom is -0.363 e. The van der Waals surface area contributed by atoms with Gasteiger partial charge in [-0.2, -0.15) is 8.42 Å². The first-order valence-corrected chi connectivity index (χ1v) is 3.71. The van der Waals surface area contributed by atoms with Crippen LogP contribution in [0, 0.1) is 0 Å². The van der Waals surface area contributed by atoms with Gasteiger partial charge < -0.3 is 10.2 Å². The quantitative estimate of drug-likeness (QED) is 0.450. The maximum absolute atomic E-state index is 10.3. The fourth-order valence-corrected chi connectivity index (χ4v) is 1.40. The van der Waals surface area contributed by atoms with Crippen LogP contribution in [0.5, 0.6) is 0 Å². The lowest BCUT2D eigenvalue weighted by Gasteiger charge is -2.13. The molecule has 0 aromatic carbocycles. The molecule has 0 spiro atoms. The zero-order valence-corrected chi connectivity index (χ0v) is 5.83. The SMILES string of the molecule is CC1(O)OS(=O)(=O)OC1O. The van der Waals surface area contributed by atoms with Crippen LogP contribution in [-0.4, -0.2) is 30.7 Å². The first kappa shape index (κ1) is 7.89. The van der Waals surface area contributed by atoms with E-state index < -0.39 is 22.5 Å². The van der Waals surface area contributed by atoms with E-state index in [4.69, 9.17) is 10.2 Å². The molecule has 10 heavy (non-hydrogen) atoms. The molecule has 0 bridgehead atoms. The van der Waals surface area contributed by atoms with Gasteiger partial charge in [-0.15, -0.1) is 0 Å². The molecule has 1 fully saturated rings. The van der Waals surface area contributed by atoms with Gasteiger partial charge in [0.2, 0.25) is 12.1 Å².